The number of para-hydroxylation sites is 1. The average Bonchev–Trinajstić information content (AvgIpc) is 3.61. The highest BCUT2D eigenvalue weighted by atomic mass is 32.1. The molecule has 0 bridgehead atoms. The van der Waals surface area contributed by atoms with Gasteiger partial charge in [0.2, 0.25) is 0 Å². The largest absolute Gasteiger partial charge is 0.309 e. The van der Waals surface area contributed by atoms with Crippen LogP contribution < -0.4 is 0 Å². The van der Waals surface area contributed by atoms with Crippen LogP contribution in [0, 0.1) is 0 Å². The first kappa shape index (κ1) is 23.5. The number of rotatable bonds is 3. The quantitative estimate of drug-likeness (QED) is 0.206. The number of fused-ring (bicyclic) bond motifs is 8. The Morgan fingerprint density at radius 2 is 1.07 bits per heavy atom. The summed E-state index contributed by atoms with van der Waals surface area (Å²) >= 11 is 1.92. The van der Waals surface area contributed by atoms with Crippen LogP contribution in [-0.2, 0) is 0 Å². The maximum absolute atomic E-state index is 2.43. The van der Waals surface area contributed by atoms with E-state index in [2.05, 4.69) is 156 Å². The molecule has 0 unspecified atom stereocenters. The molecule has 196 valence electrons. The summed E-state index contributed by atoms with van der Waals surface area (Å²) in [6.45, 7) is 0. The van der Waals surface area contributed by atoms with Crippen molar-refractivity contribution in [3.05, 3.63) is 152 Å². The van der Waals surface area contributed by atoms with Crippen molar-refractivity contribution in [3.8, 4) is 27.9 Å². The minimum atomic E-state index is 1.17. The first-order chi connectivity index (χ1) is 20.8. The second-order valence-corrected chi connectivity index (χ2v) is 12.0. The lowest BCUT2D eigenvalue weighted by Crippen LogP contribution is -1.94. The summed E-state index contributed by atoms with van der Waals surface area (Å²) in [4.78, 5) is 0. The molecular weight excluding hydrogens is 527 g/mol. The van der Waals surface area contributed by atoms with Gasteiger partial charge in [-0.1, -0.05) is 127 Å². The van der Waals surface area contributed by atoms with Gasteiger partial charge in [0, 0.05) is 36.6 Å². The number of hydrogen-bond acceptors (Lipinski definition) is 1. The highest BCUT2D eigenvalue weighted by Crippen LogP contribution is 2.44. The SMILES string of the molecule is c1ccc(-c2cccc(-n3c4ccccc4c4ccc(-c5cccc6c5sc5c7ccccc7ccc65)cc43)c2)cc1. The lowest BCUT2D eigenvalue weighted by Gasteiger charge is -2.11. The van der Waals surface area contributed by atoms with Crippen LogP contribution >= 0.6 is 11.3 Å². The van der Waals surface area contributed by atoms with Gasteiger partial charge in [0.25, 0.3) is 0 Å². The Labute approximate surface area is 247 Å². The Balaban J connectivity index is 1.30. The van der Waals surface area contributed by atoms with Gasteiger partial charge in [-0.2, -0.15) is 0 Å². The zero-order chi connectivity index (χ0) is 27.6. The van der Waals surface area contributed by atoms with Crippen LogP contribution in [0.3, 0.4) is 0 Å². The van der Waals surface area contributed by atoms with E-state index in [-0.39, 0.29) is 0 Å². The lowest BCUT2D eigenvalue weighted by atomic mass is 10.0. The third-order valence-corrected chi connectivity index (χ3v) is 9.87. The molecule has 2 aromatic heterocycles. The van der Waals surface area contributed by atoms with Crippen molar-refractivity contribution in [2.75, 3.05) is 0 Å². The molecular formula is C40H25NS. The van der Waals surface area contributed by atoms with Crippen molar-refractivity contribution in [1.82, 2.24) is 4.57 Å². The van der Waals surface area contributed by atoms with Crippen molar-refractivity contribution in [3.63, 3.8) is 0 Å². The van der Waals surface area contributed by atoms with E-state index in [1.807, 2.05) is 11.3 Å². The summed E-state index contributed by atoms with van der Waals surface area (Å²) in [5, 5.41) is 7.83. The summed E-state index contributed by atoms with van der Waals surface area (Å²) in [5.74, 6) is 0. The van der Waals surface area contributed by atoms with Crippen molar-refractivity contribution >= 4 is 64.1 Å². The summed E-state index contributed by atoms with van der Waals surface area (Å²) in [6, 6.07) is 55.3. The van der Waals surface area contributed by atoms with Crippen molar-refractivity contribution in [1.29, 1.82) is 0 Å². The van der Waals surface area contributed by atoms with Gasteiger partial charge >= 0.3 is 0 Å². The minimum absolute atomic E-state index is 1.17. The van der Waals surface area contributed by atoms with Gasteiger partial charge in [-0.05, 0) is 57.3 Å². The van der Waals surface area contributed by atoms with Gasteiger partial charge in [-0.25, -0.2) is 0 Å². The van der Waals surface area contributed by atoms with Crippen molar-refractivity contribution in [2.24, 2.45) is 0 Å². The molecule has 0 saturated heterocycles. The van der Waals surface area contributed by atoms with E-state index in [1.54, 1.807) is 0 Å². The highest BCUT2D eigenvalue weighted by molar-refractivity contribution is 7.27. The van der Waals surface area contributed by atoms with E-state index in [0.717, 1.165) is 0 Å². The van der Waals surface area contributed by atoms with Crippen LogP contribution in [0.1, 0.15) is 0 Å². The molecule has 7 aromatic carbocycles. The zero-order valence-corrected chi connectivity index (χ0v) is 23.6. The molecule has 0 radical (unpaired) electrons. The summed E-state index contributed by atoms with van der Waals surface area (Å²) in [6.07, 6.45) is 0. The fourth-order valence-corrected chi connectivity index (χ4v) is 8.00. The Hall–Kier alpha value is -5.18. The topological polar surface area (TPSA) is 4.93 Å². The first-order valence-corrected chi connectivity index (χ1v) is 15.2. The van der Waals surface area contributed by atoms with Crippen LogP contribution in [0.5, 0.6) is 0 Å². The summed E-state index contributed by atoms with van der Waals surface area (Å²) in [5.41, 5.74) is 8.60. The number of thiophene rings is 1. The van der Waals surface area contributed by atoms with E-state index in [4.69, 9.17) is 0 Å². The second-order valence-electron chi connectivity index (χ2n) is 10.9. The normalized spacial score (nSPS) is 11.8. The third-order valence-electron chi connectivity index (χ3n) is 8.59. The van der Waals surface area contributed by atoms with E-state index < -0.39 is 0 Å². The number of nitrogens with zero attached hydrogens (tertiary/aromatic N) is 1. The Morgan fingerprint density at radius 3 is 2.00 bits per heavy atom. The maximum Gasteiger partial charge on any atom is 0.0547 e. The summed E-state index contributed by atoms with van der Waals surface area (Å²) < 4.78 is 5.14. The standard InChI is InChI=1S/C40H25NS/c1-2-10-26(11-3-1)28-13-8-14-30(24-28)41-37-19-7-6-16-33(37)34-22-21-29(25-38(34)41)32-17-9-18-35-36-23-20-27-12-4-5-15-31(27)39(36)42-40(32)35/h1-25H. The van der Waals surface area contributed by atoms with Crippen molar-refractivity contribution in [2.45, 2.75) is 0 Å². The minimum Gasteiger partial charge on any atom is -0.309 e. The molecule has 0 N–H and O–H groups in total. The third kappa shape index (κ3) is 3.49. The van der Waals surface area contributed by atoms with Crippen molar-refractivity contribution < 1.29 is 0 Å². The fraction of sp³-hybridized carbons (Fsp3) is 0. The molecule has 0 amide bonds. The van der Waals surface area contributed by atoms with Crippen LogP contribution in [-0.4, -0.2) is 4.57 Å². The Kier molecular flexibility index (Phi) is 5.13. The van der Waals surface area contributed by atoms with Crippen LogP contribution in [0.4, 0.5) is 0 Å². The van der Waals surface area contributed by atoms with Crippen LogP contribution in [0.25, 0.3) is 80.7 Å². The number of aromatic nitrogens is 1. The maximum atomic E-state index is 2.43. The highest BCUT2D eigenvalue weighted by Gasteiger charge is 2.16. The van der Waals surface area contributed by atoms with E-state index >= 15 is 0 Å². The second kappa shape index (κ2) is 9.17. The molecule has 2 heteroatoms. The molecule has 9 rings (SSSR count). The summed E-state index contributed by atoms with van der Waals surface area (Å²) in [7, 11) is 0. The molecule has 0 fully saturated rings. The molecule has 1 nitrogen and oxygen atoms in total. The molecule has 0 aliphatic heterocycles. The van der Waals surface area contributed by atoms with Gasteiger partial charge in [-0.3, -0.25) is 0 Å². The monoisotopic (exact) mass is 551 g/mol. The predicted octanol–water partition coefficient (Wildman–Crippen LogP) is 11.6. The van der Waals surface area contributed by atoms with Gasteiger partial charge in [0.15, 0.2) is 0 Å². The van der Waals surface area contributed by atoms with Gasteiger partial charge in [0.05, 0.1) is 11.0 Å². The molecule has 0 atom stereocenters. The molecule has 42 heavy (non-hydrogen) atoms. The Morgan fingerprint density at radius 1 is 0.381 bits per heavy atom. The van der Waals surface area contributed by atoms with E-state index in [0.29, 0.717) is 0 Å². The number of benzene rings is 7. The van der Waals surface area contributed by atoms with E-state index in [9.17, 15) is 0 Å². The lowest BCUT2D eigenvalue weighted by molar-refractivity contribution is 1.18. The van der Waals surface area contributed by atoms with Gasteiger partial charge in [-0.15, -0.1) is 11.3 Å². The average molecular weight is 552 g/mol. The molecule has 0 spiro atoms. The van der Waals surface area contributed by atoms with Gasteiger partial charge < -0.3 is 4.57 Å². The van der Waals surface area contributed by atoms with Gasteiger partial charge in [0.1, 0.15) is 0 Å². The van der Waals surface area contributed by atoms with Crippen LogP contribution in [0.2, 0.25) is 0 Å². The molecule has 0 aliphatic rings. The van der Waals surface area contributed by atoms with E-state index in [1.165, 1.54) is 80.7 Å². The number of hydrogen-bond donors (Lipinski definition) is 0. The molecule has 2 heterocycles. The molecule has 0 aliphatic carbocycles. The Bertz CT molecular complexity index is 2460. The molecule has 0 saturated carbocycles. The first-order valence-electron chi connectivity index (χ1n) is 14.4. The smallest absolute Gasteiger partial charge is 0.0547 e. The fourth-order valence-electron chi connectivity index (χ4n) is 6.62. The van der Waals surface area contributed by atoms with Crippen LogP contribution in [0.15, 0.2) is 152 Å². The zero-order valence-electron chi connectivity index (χ0n) is 22.8. The molecule has 9 aromatic rings. The predicted molar refractivity (Wildman–Crippen MR) is 182 cm³/mol.